The van der Waals surface area contributed by atoms with Gasteiger partial charge in [0, 0.05) is 24.2 Å². The number of carbonyl (C=O) groups is 1. The van der Waals surface area contributed by atoms with Crippen molar-refractivity contribution in [2.45, 2.75) is 44.6 Å². The van der Waals surface area contributed by atoms with Gasteiger partial charge in [0.25, 0.3) is 5.91 Å². The molecule has 4 N–H and O–H groups in total. The van der Waals surface area contributed by atoms with Crippen molar-refractivity contribution in [1.29, 1.82) is 0 Å². The molecule has 0 saturated carbocycles. The van der Waals surface area contributed by atoms with Gasteiger partial charge in [-0.3, -0.25) is 4.79 Å². The topological polar surface area (TPSA) is 93.2 Å². The van der Waals surface area contributed by atoms with Crippen LogP contribution < -0.4 is 11.1 Å². The molecule has 126 valence electrons. The van der Waals surface area contributed by atoms with Crippen LogP contribution in [0.3, 0.4) is 0 Å². The maximum absolute atomic E-state index is 13.1. The Labute approximate surface area is 140 Å². The Kier molecular flexibility index (Phi) is 3.57. The Morgan fingerprint density at radius 1 is 1.42 bits per heavy atom. The predicted molar refractivity (Wildman–Crippen MR) is 92.3 cm³/mol. The average molecular weight is 326 g/mol. The van der Waals surface area contributed by atoms with Gasteiger partial charge in [-0.15, -0.1) is 0 Å². The maximum atomic E-state index is 13.1. The fraction of sp³-hybridized carbons (Fsp3) is 0.444. The highest BCUT2D eigenvalue weighted by Gasteiger charge is 2.32. The number of anilines is 2. The van der Waals surface area contributed by atoms with Gasteiger partial charge in [-0.05, 0) is 37.3 Å². The summed E-state index contributed by atoms with van der Waals surface area (Å²) < 4.78 is 1.37. The zero-order chi connectivity index (χ0) is 16.8. The van der Waals surface area contributed by atoms with Crippen molar-refractivity contribution in [2.24, 2.45) is 0 Å². The molecule has 0 bridgehead atoms. The van der Waals surface area contributed by atoms with Gasteiger partial charge in [0.05, 0.1) is 17.7 Å². The number of nitrogens with two attached hydrogens (primary N) is 1. The van der Waals surface area contributed by atoms with Crippen LogP contribution in [0.5, 0.6) is 0 Å². The molecule has 1 aromatic carbocycles. The normalized spacial score (nSPS) is 22.4. The van der Waals surface area contributed by atoms with E-state index in [1.54, 1.807) is 0 Å². The summed E-state index contributed by atoms with van der Waals surface area (Å²) in [6, 6.07) is 6.02. The second-order valence-electron chi connectivity index (χ2n) is 6.76. The number of nitrogens with zero attached hydrogens (tertiary/aromatic N) is 2. The molecule has 0 unspecified atom stereocenters. The van der Waals surface area contributed by atoms with Gasteiger partial charge >= 0.3 is 0 Å². The van der Waals surface area contributed by atoms with Gasteiger partial charge in [-0.2, -0.15) is 9.78 Å². The van der Waals surface area contributed by atoms with Crippen molar-refractivity contribution >= 4 is 17.4 Å². The lowest BCUT2D eigenvalue weighted by Crippen LogP contribution is -2.28. The molecule has 0 amide bonds. The smallest absolute Gasteiger partial charge is 0.256 e. The van der Waals surface area contributed by atoms with E-state index in [1.165, 1.54) is 4.68 Å². The van der Waals surface area contributed by atoms with Crippen LogP contribution in [0.25, 0.3) is 0 Å². The number of aliphatic hydroxyl groups is 1. The monoisotopic (exact) mass is 326 g/mol. The third-order valence-corrected chi connectivity index (χ3v) is 5.18. The molecule has 2 heterocycles. The number of fused-ring (bicyclic) bond motifs is 2. The van der Waals surface area contributed by atoms with Crippen LogP contribution in [0.2, 0.25) is 0 Å². The number of aliphatic hydroxyl groups excluding tert-OH is 1. The number of nitrogen functional groups attached to an aromatic ring is 1. The molecule has 2 atom stereocenters. The van der Waals surface area contributed by atoms with Crippen molar-refractivity contribution in [1.82, 2.24) is 9.78 Å². The quantitative estimate of drug-likeness (QED) is 0.744. The fourth-order valence-corrected chi connectivity index (χ4v) is 3.87. The van der Waals surface area contributed by atoms with E-state index >= 15 is 0 Å². The maximum Gasteiger partial charge on any atom is 0.256 e. The average Bonchev–Trinajstić information content (AvgIpc) is 2.91. The number of hydrogen-bond acceptors (Lipinski definition) is 5. The largest absolute Gasteiger partial charge is 0.393 e. The molecule has 24 heavy (non-hydrogen) atoms. The summed E-state index contributed by atoms with van der Waals surface area (Å²) in [5.41, 5.74) is 11.1. The number of benzene rings is 1. The summed E-state index contributed by atoms with van der Waals surface area (Å²) in [4.78, 5) is 13.1. The fourth-order valence-electron chi connectivity index (χ4n) is 3.87. The third-order valence-electron chi connectivity index (χ3n) is 5.18. The van der Waals surface area contributed by atoms with Crippen LogP contribution in [-0.2, 0) is 12.8 Å². The molecule has 1 aromatic heterocycles. The van der Waals surface area contributed by atoms with E-state index in [0.29, 0.717) is 25.1 Å². The minimum absolute atomic E-state index is 0.0789. The minimum atomic E-state index is -0.394. The van der Waals surface area contributed by atoms with Crippen molar-refractivity contribution < 1.29 is 9.90 Å². The Hall–Kier alpha value is -2.34. The Morgan fingerprint density at radius 3 is 3.08 bits per heavy atom. The van der Waals surface area contributed by atoms with E-state index < -0.39 is 6.10 Å². The van der Waals surface area contributed by atoms with E-state index in [1.807, 2.05) is 25.1 Å². The Bertz CT molecular complexity index is 812. The number of carbonyl (C=O) groups excluding carboxylic acids is 1. The van der Waals surface area contributed by atoms with Crippen LogP contribution in [0.4, 0.5) is 11.5 Å². The van der Waals surface area contributed by atoms with Gasteiger partial charge in [-0.25, -0.2) is 0 Å². The lowest BCUT2D eigenvalue weighted by Gasteiger charge is -2.27. The molecule has 4 rings (SSSR count). The van der Waals surface area contributed by atoms with Crippen molar-refractivity contribution in [2.75, 3.05) is 17.6 Å². The first-order valence-corrected chi connectivity index (χ1v) is 8.48. The standard InChI is InChI=1S/C18H22N4O2/c1-10-3-2-4-12-13(7-8-20-16(10)12)18(24)22-17(19)14-9-11(23)5-6-15(14)21-22/h2-4,11,13,20,23H,5-9,19H2,1H3/t11-,13-/m1/s1. The van der Waals surface area contributed by atoms with E-state index in [2.05, 4.69) is 10.4 Å². The molecule has 2 aliphatic rings. The molecular weight excluding hydrogens is 304 g/mol. The molecule has 6 heteroatoms. The summed E-state index contributed by atoms with van der Waals surface area (Å²) in [5, 5.41) is 17.7. The van der Waals surface area contributed by atoms with Crippen molar-refractivity contribution in [3.8, 4) is 0 Å². The number of aromatic nitrogens is 2. The highest BCUT2D eigenvalue weighted by molar-refractivity contribution is 5.90. The highest BCUT2D eigenvalue weighted by Crippen LogP contribution is 2.36. The molecule has 0 saturated heterocycles. The molecule has 2 aromatic rings. The van der Waals surface area contributed by atoms with Gasteiger partial charge in [0.2, 0.25) is 0 Å². The van der Waals surface area contributed by atoms with Gasteiger partial charge in [-0.1, -0.05) is 18.2 Å². The first-order valence-electron chi connectivity index (χ1n) is 8.48. The molecule has 0 spiro atoms. The van der Waals surface area contributed by atoms with E-state index in [0.717, 1.165) is 41.0 Å². The SMILES string of the molecule is Cc1cccc2c1NCC[C@H]2C(=O)n1nc2c(c1N)C[C@H](O)CC2. The number of hydrogen-bond donors (Lipinski definition) is 3. The number of rotatable bonds is 1. The van der Waals surface area contributed by atoms with E-state index in [9.17, 15) is 9.90 Å². The lowest BCUT2D eigenvalue weighted by molar-refractivity contribution is 0.0859. The van der Waals surface area contributed by atoms with Crippen molar-refractivity contribution in [3.63, 3.8) is 0 Å². The first-order chi connectivity index (χ1) is 11.6. The molecule has 0 fully saturated rings. The third kappa shape index (κ3) is 2.29. The Morgan fingerprint density at radius 2 is 2.25 bits per heavy atom. The number of aryl methyl sites for hydroxylation is 2. The number of para-hydroxylation sites is 1. The summed E-state index contributed by atoms with van der Waals surface area (Å²) in [6.07, 6.45) is 2.16. The minimum Gasteiger partial charge on any atom is -0.393 e. The van der Waals surface area contributed by atoms with Gasteiger partial charge < -0.3 is 16.2 Å². The summed E-state index contributed by atoms with van der Waals surface area (Å²) >= 11 is 0. The van der Waals surface area contributed by atoms with Gasteiger partial charge in [0.15, 0.2) is 0 Å². The van der Waals surface area contributed by atoms with Crippen LogP contribution in [0, 0.1) is 6.92 Å². The number of nitrogens with one attached hydrogen (secondary N) is 1. The predicted octanol–water partition coefficient (Wildman–Crippen LogP) is 1.86. The lowest BCUT2D eigenvalue weighted by atomic mass is 9.88. The molecule has 6 nitrogen and oxygen atoms in total. The molecule has 0 radical (unpaired) electrons. The van der Waals surface area contributed by atoms with E-state index in [-0.39, 0.29) is 11.8 Å². The zero-order valence-electron chi connectivity index (χ0n) is 13.7. The summed E-state index contributed by atoms with van der Waals surface area (Å²) in [7, 11) is 0. The van der Waals surface area contributed by atoms with E-state index in [4.69, 9.17) is 5.73 Å². The highest BCUT2D eigenvalue weighted by atomic mass is 16.3. The molecule has 1 aliphatic carbocycles. The van der Waals surface area contributed by atoms with Gasteiger partial charge in [0.1, 0.15) is 5.82 Å². The second kappa shape index (κ2) is 5.63. The van der Waals surface area contributed by atoms with Crippen LogP contribution in [-0.4, -0.2) is 33.4 Å². The summed E-state index contributed by atoms with van der Waals surface area (Å²) in [6.45, 7) is 2.80. The second-order valence-corrected chi connectivity index (χ2v) is 6.76. The molecule has 1 aliphatic heterocycles. The molecular formula is C18H22N4O2. The Balaban J connectivity index is 1.73. The van der Waals surface area contributed by atoms with Crippen LogP contribution in [0.15, 0.2) is 18.2 Å². The summed E-state index contributed by atoms with van der Waals surface area (Å²) in [5.74, 6) is 0.0703. The van der Waals surface area contributed by atoms with Crippen LogP contribution >= 0.6 is 0 Å². The zero-order valence-corrected chi connectivity index (χ0v) is 13.7. The van der Waals surface area contributed by atoms with Crippen molar-refractivity contribution in [3.05, 3.63) is 40.6 Å². The van der Waals surface area contributed by atoms with Crippen LogP contribution in [0.1, 0.15) is 45.9 Å². The first kappa shape index (κ1) is 15.2.